The minimum Gasteiger partial charge on any atom is -0.389 e. The molecule has 27 heavy (non-hydrogen) atoms. The maximum atomic E-state index is 12.2. The van der Waals surface area contributed by atoms with Crippen molar-refractivity contribution in [2.45, 2.75) is 13.3 Å². The van der Waals surface area contributed by atoms with Crippen LogP contribution >= 0.6 is 11.6 Å². The molecule has 3 aromatic rings. The maximum absolute atomic E-state index is 12.2. The Bertz CT molecular complexity index is 1050. The number of carbonyl (C=O) groups excluding carboxylic acids is 1. The molecule has 0 aliphatic carbocycles. The summed E-state index contributed by atoms with van der Waals surface area (Å²) in [5.74, 6) is -0.475. The standard InChI is InChI=1S/C21H19ClN4O/c1-14-6-7-17(10-19(14)22)26-21(27)16(11-23)12-24-9-8-15-13-25-20-5-3-2-4-18(15)20/h2-7,10,12-13,24-25H,8-9H2,1H3,(H,26,27)/b16-12-. The number of fused-ring (bicyclic) bond motifs is 1. The van der Waals surface area contributed by atoms with Crippen molar-refractivity contribution in [2.75, 3.05) is 11.9 Å². The topological polar surface area (TPSA) is 80.7 Å². The van der Waals surface area contributed by atoms with E-state index in [1.54, 1.807) is 12.1 Å². The van der Waals surface area contributed by atoms with Gasteiger partial charge in [-0.15, -0.1) is 0 Å². The van der Waals surface area contributed by atoms with Crippen molar-refractivity contribution in [3.8, 4) is 6.07 Å². The average Bonchev–Trinajstić information content (AvgIpc) is 3.08. The Hall–Kier alpha value is -3.23. The summed E-state index contributed by atoms with van der Waals surface area (Å²) in [5, 5.41) is 16.7. The Kier molecular flexibility index (Phi) is 5.80. The average molecular weight is 379 g/mol. The van der Waals surface area contributed by atoms with Crippen LogP contribution in [0.3, 0.4) is 0 Å². The third-order valence-electron chi connectivity index (χ3n) is 4.25. The molecule has 1 aromatic heterocycles. The molecule has 1 heterocycles. The molecule has 2 aromatic carbocycles. The first-order valence-corrected chi connectivity index (χ1v) is 8.92. The number of nitriles is 1. The Morgan fingerprint density at radius 1 is 1.30 bits per heavy atom. The van der Waals surface area contributed by atoms with Gasteiger partial charge in [-0.05, 0) is 42.7 Å². The van der Waals surface area contributed by atoms with Crippen molar-refractivity contribution in [2.24, 2.45) is 0 Å². The number of carbonyl (C=O) groups is 1. The molecule has 0 fully saturated rings. The van der Waals surface area contributed by atoms with Gasteiger partial charge < -0.3 is 15.6 Å². The van der Waals surface area contributed by atoms with E-state index >= 15 is 0 Å². The molecular weight excluding hydrogens is 360 g/mol. The predicted octanol–water partition coefficient (Wildman–Crippen LogP) is 4.31. The van der Waals surface area contributed by atoms with E-state index in [4.69, 9.17) is 11.6 Å². The third-order valence-corrected chi connectivity index (χ3v) is 4.66. The summed E-state index contributed by atoms with van der Waals surface area (Å²) in [6.45, 7) is 2.49. The molecule has 0 bridgehead atoms. The number of aryl methyl sites for hydroxylation is 1. The number of aromatic nitrogens is 1. The molecule has 0 saturated carbocycles. The van der Waals surface area contributed by atoms with Gasteiger partial charge in [-0.25, -0.2) is 0 Å². The van der Waals surface area contributed by atoms with Crippen LogP contribution in [0, 0.1) is 18.3 Å². The summed E-state index contributed by atoms with van der Waals surface area (Å²) in [4.78, 5) is 15.5. The van der Waals surface area contributed by atoms with Crippen LogP contribution < -0.4 is 10.6 Å². The van der Waals surface area contributed by atoms with E-state index in [-0.39, 0.29) is 5.57 Å². The number of amides is 1. The number of nitrogens with one attached hydrogen (secondary N) is 3. The second-order valence-electron chi connectivity index (χ2n) is 6.15. The number of rotatable bonds is 6. The van der Waals surface area contributed by atoms with Gasteiger partial charge >= 0.3 is 0 Å². The van der Waals surface area contributed by atoms with E-state index < -0.39 is 5.91 Å². The number of hydrogen-bond acceptors (Lipinski definition) is 3. The SMILES string of the molecule is Cc1ccc(NC(=O)/C(C#N)=C\NCCc2c[nH]c3ccccc23)cc1Cl. The highest BCUT2D eigenvalue weighted by atomic mass is 35.5. The van der Waals surface area contributed by atoms with Crippen molar-refractivity contribution in [1.82, 2.24) is 10.3 Å². The van der Waals surface area contributed by atoms with Gasteiger partial charge in [0.2, 0.25) is 0 Å². The van der Waals surface area contributed by atoms with Crippen LogP contribution in [0.15, 0.2) is 60.4 Å². The molecule has 5 nitrogen and oxygen atoms in total. The molecule has 3 rings (SSSR count). The summed E-state index contributed by atoms with van der Waals surface area (Å²) in [6.07, 6.45) is 4.20. The number of halogens is 1. The molecule has 0 aliphatic heterocycles. The highest BCUT2D eigenvalue weighted by Gasteiger charge is 2.10. The van der Waals surface area contributed by atoms with Gasteiger partial charge in [0.05, 0.1) is 0 Å². The first-order chi connectivity index (χ1) is 13.1. The monoisotopic (exact) mass is 378 g/mol. The van der Waals surface area contributed by atoms with Crippen LogP contribution in [0.5, 0.6) is 0 Å². The fourth-order valence-corrected chi connectivity index (χ4v) is 2.92. The molecule has 0 saturated heterocycles. The van der Waals surface area contributed by atoms with Gasteiger partial charge in [-0.3, -0.25) is 4.79 Å². The van der Waals surface area contributed by atoms with E-state index in [1.165, 1.54) is 17.1 Å². The third kappa shape index (κ3) is 4.49. The highest BCUT2D eigenvalue weighted by Crippen LogP contribution is 2.20. The summed E-state index contributed by atoms with van der Waals surface area (Å²) in [5.41, 5.74) is 3.76. The van der Waals surface area contributed by atoms with Gasteiger partial charge in [-0.2, -0.15) is 5.26 Å². The highest BCUT2D eigenvalue weighted by molar-refractivity contribution is 6.31. The summed E-state index contributed by atoms with van der Waals surface area (Å²) in [6, 6.07) is 15.2. The summed E-state index contributed by atoms with van der Waals surface area (Å²) >= 11 is 6.06. The normalized spacial score (nSPS) is 11.2. The number of benzene rings is 2. The molecular formula is C21H19ClN4O. The molecule has 0 radical (unpaired) electrons. The molecule has 6 heteroatoms. The van der Waals surface area contributed by atoms with Gasteiger partial charge in [0.25, 0.3) is 5.91 Å². The quantitative estimate of drug-likeness (QED) is 0.339. The molecule has 0 unspecified atom stereocenters. The Labute approximate surface area is 162 Å². The van der Waals surface area contributed by atoms with Crippen molar-refractivity contribution in [3.05, 3.63) is 76.6 Å². The van der Waals surface area contributed by atoms with E-state index in [1.807, 2.05) is 43.5 Å². The minimum atomic E-state index is -0.475. The lowest BCUT2D eigenvalue weighted by molar-refractivity contribution is -0.112. The van der Waals surface area contributed by atoms with Crippen LogP contribution in [-0.2, 0) is 11.2 Å². The zero-order valence-corrected chi connectivity index (χ0v) is 15.6. The fraction of sp³-hybridized carbons (Fsp3) is 0.143. The number of para-hydroxylation sites is 1. The van der Waals surface area contributed by atoms with E-state index in [9.17, 15) is 10.1 Å². The molecule has 0 atom stereocenters. The second kappa shape index (κ2) is 8.43. The van der Waals surface area contributed by atoms with Gasteiger partial charge in [0.15, 0.2) is 0 Å². The first-order valence-electron chi connectivity index (χ1n) is 8.54. The van der Waals surface area contributed by atoms with Crippen molar-refractivity contribution in [1.29, 1.82) is 5.26 Å². The van der Waals surface area contributed by atoms with E-state index in [0.29, 0.717) is 17.3 Å². The van der Waals surface area contributed by atoms with Crippen LogP contribution in [0.2, 0.25) is 5.02 Å². The smallest absolute Gasteiger partial charge is 0.267 e. The number of hydrogen-bond donors (Lipinski definition) is 3. The lowest BCUT2D eigenvalue weighted by Gasteiger charge is -2.07. The first kappa shape index (κ1) is 18.6. The van der Waals surface area contributed by atoms with Crippen molar-refractivity contribution >= 4 is 34.1 Å². The molecule has 136 valence electrons. The van der Waals surface area contributed by atoms with Crippen LogP contribution in [0.25, 0.3) is 10.9 Å². The zero-order valence-electron chi connectivity index (χ0n) is 14.8. The van der Waals surface area contributed by atoms with E-state index in [0.717, 1.165) is 17.5 Å². The number of anilines is 1. The Balaban J connectivity index is 1.58. The number of H-pyrrole nitrogens is 1. The van der Waals surface area contributed by atoms with Crippen LogP contribution in [-0.4, -0.2) is 17.4 Å². The lowest BCUT2D eigenvalue weighted by atomic mass is 10.1. The Morgan fingerprint density at radius 2 is 2.11 bits per heavy atom. The van der Waals surface area contributed by atoms with Crippen molar-refractivity contribution < 1.29 is 4.79 Å². The number of aromatic amines is 1. The summed E-state index contributed by atoms with van der Waals surface area (Å²) in [7, 11) is 0. The maximum Gasteiger partial charge on any atom is 0.267 e. The molecule has 0 spiro atoms. The minimum absolute atomic E-state index is 0.00521. The van der Waals surface area contributed by atoms with Crippen molar-refractivity contribution in [3.63, 3.8) is 0 Å². The van der Waals surface area contributed by atoms with Crippen LogP contribution in [0.4, 0.5) is 5.69 Å². The molecule has 0 aliphatic rings. The number of nitrogens with zero attached hydrogens (tertiary/aromatic N) is 1. The van der Waals surface area contributed by atoms with Gasteiger partial charge in [0.1, 0.15) is 11.6 Å². The van der Waals surface area contributed by atoms with Gasteiger partial charge in [0, 0.05) is 40.6 Å². The zero-order chi connectivity index (χ0) is 19.2. The lowest BCUT2D eigenvalue weighted by Crippen LogP contribution is -2.18. The van der Waals surface area contributed by atoms with Gasteiger partial charge in [-0.1, -0.05) is 35.9 Å². The largest absolute Gasteiger partial charge is 0.389 e. The molecule has 1 amide bonds. The Morgan fingerprint density at radius 3 is 2.89 bits per heavy atom. The van der Waals surface area contributed by atoms with Crippen LogP contribution in [0.1, 0.15) is 11.1 Å². The molecule has 3 N–H and O–H groups in total. The fourth-order valence-electron chi connectivity index (χ4n) is 2.74. The predicted molar refractivity (Wildman–Crippen MR) is 109 cm³/mol. The second-order valence-corrected chi connectivity index (χ2v) is 6.56. The van der Waals surface area contributed by atoms with E-state index in [2.05, 4.69) is 21.7 Å². The summed E-state index contributed by atoms with van der Waals surface area (Å²) < 4.78 is 0.